The Morgan fingerprint density at radius 3 is 2.48 bits per heavy atom. The number of aryl methyl sites for hydroxylation is 1. The van der Waals surface area contributed by atoms with Crippen LogP contribution in [0.4, 0.5) is 5.82 Å². The molecule has 0 atom stereocenters. The number of benzene rings is 1. The number of piperazine rings is 1. The van der Waals surface area contributed by atoms with Gasteiger partial charge in [-0.05, 0) is 24.1 Å². The Kier molecular flexibility index (Phi) is 5.10. The van der Waals surface area contributed by atoms with Crippen molar-refractivity contribution in [1.82, 2.24) is 10.0 Å². The minimum Gasteiger partial charge on any atom is -0.506 e. The minimum absolute atomic E-state index is 0.279. The first kappa shape index (κ1) is 15.8. The Morgan fingerprint density at radius 2 is 1.78 bits per heavy atom. The van der Waals surface area contributed by atoms with E-state index in [9.17, 15) is 5.11 Å². The van der Waals surface area contributed by atoms with E-state index in [0.717, 1.165) is 44.1 Å². The maximum Gasteiger partial charge on any atom is 0.137 e. The summed E-state index contributed by atoms with van der Waals surface area (Å²) >= 11 is 0. The number of anilines is 1. The molecule has 5 nitrogen and oxygen atoms in total. The topological polar surface area (TPSA) is 48.8 Å². The van der Waals surface area contributed by atoms with E-state index in [0.29, 0.717) is 6.61 Å². The van der Waals surface area contributed by atoms with E-state index in [-0.39, 0.29) is 5.75 Å². The fourth-order valence-corrected chi connectivity index (χ4v) is 2.71. The molecule has 1 aromatic carbocycles. The largest absolute Gasteiger partial charge is 0.506 e. The average Bonchev–Trinajstić information content (AvgIpc) is 2.62. The van der Waals surface area contributed by atoms with Crippen molar-refractivity contribution >= 4 is 5.82 Å². The van der Waals surface area contributed by atoms with Gasteiger partial charge in [-0.15, -0.1) is 0 Å². The molecule has 0 amide bonds. The number of aromatic hydroxyl groups is 1. The fraction of sp³-hybridized carbons (Fsp3) is 0.389. The Balaban J connectivity index is 1.52. The molecule has 122 valence electrons. The molecule has 1 fully saturated rings. The van der Waals surface area contributed by atoms with E-state index < -0.39 is 0 Å². The van der Waals surface area contributed by atoms with Gasteiger partial charge in [-0.3, -0.25) is 4.84 Å². The molecule has 2 aromatic rings. The summed E-state index contributed by atoms with van der Waals surface area (Å²) in [4.78, 5) is 12.7. The Labute approximate surface area is 137 Å². The summed E-state index contributed by atoms with van der Waals surface area (Å²) in [5, 5.41) is 11.8. The molecule has 3 rings (SSSR count). The zero-order valence-corrected chi connectivity index (χ0v) is 13.5. The highest BCUT2D eigenvalue weighted by Crippen LogP contribution is 2.21. The first-order chi connectivity index (χ1) is 11.3. The van der Waals surface area contributed by atoms with Crippen LogP contribution in [0.25, 0.3) is 0 Å². The van der Waals surface area contributed by atoms with Crippen molar-refractivity contribution < 1.29 is 9.94 Å². The monoisotopic (exact) mass is 313 g/mol. The fourth-order valence-electron chi connectivity index (χ4n) is 2.71. The summed E-state index contributed by atoms with van der Waals surface area (Å²) in [6, 6.07) is 13.8. The average molecular weight is 313 g/mol. The zero-order valence-electron chi connectivity index (χ0n) is 13.5. The van der Waals surface area contributed by atoms with Crippen LogP contribution in [0.15, 0.2) is 42.5 Å². The molecule has 5 heteroatoms. The molecule has 1 aromatic heterocycles. The standard InChI is InChI=1S/C18H23N3O2/c1-2-16-17(22)8-9-18(19-16)20-10-12-21(13-11-20)23-14-15-6-4-3-5-7-15/h3-9,22H,2,10-14H2,1H3. The molecule has 0 bridgehead atoms. The van der Waals surface area contributed by atoms with Gasteiger partial charge in [-0.2, -0.15) is 5.06 Å². The molecule has 0 spiro atoms. The molecule has 1 N–H and O–H groups in total. The predicted octanol–water partition coefficient (Wildman–Crippen LogP) is 2.60. The van der Waals surface area contributed by atoms with Crippen molar-refractivity contribution in [2.45, 2.75) is 20.0 Å². The highest BCUT2D eigenvalue weighted by atomic mass is 16.7. The maximum atomic E-state index is 9.74. The van der Waals surface area contributed by atoms with Gasteiger partial charge in [0.25, 0.3) is 0 Å². The molecular formula is C18H23N3O2. The van der Waals surface area contributed by atoms with Crippen LogP contribution in [-0.4, -0.2) is 41.3 Å². The van der Waals surface area contributed by atoms with Crippen LogP contribution in [0.1, 0.15) is 18.2 Å². The normalized spacial score (nSPS) is 15.8. The second-order valence-corrected chi connectivity index (χ2v) is 5.66. The van der Waals surface area contributed by atoms with Gasteiger partial charge >= 0.3 is 0 Å². The lowest BCUT2D eigenvalue weighted by molar-refractivity contribution is -0.171. The van der Waals surface area contributed by atoms with Crippen molar-refractivity contribution in [2.75, 3.05) is 31.1 Å². The van der Waals surface area contributed by atoms with Gasteiger partial charge in [0.1, 0.15) is 11.6 Å². The van der Waals surface area contributed by atoms with Crippen molar-refractivity contribution in [3.8, 4) is 5.75 Å². The van der Waals surface area contributed by atoms with Gasteiger partial charge in [-0.1, -0.05) is 37.3 Å². The zero-order chi connectivity index (χ0) is 16.1. The van der Waals surface area contributed by atoms with Crippen LogP contribution in [0.5, 0.6) is 5.75 Å². The third-order valence-corrected chi connectivity index (χ3v) is 4.09. The number of hydrogen-bond acceptors (Lipinski definition) is 5. The summed E-state index contributed by atoms with van der Waals surface area (Å²) in [5.74, 6) is 1.21. The first-order valence-electron chi connectivity index (χ1n) is 8.12. The summed E-state index contributed by atoms with van der Waals surface area (Å²) in [6.07, 6.45) is 0.736. The lowest BCUT2D eigenvalue weighted by Crippen LogP contribution is -2.46. The third kappa shape index (κ3) is 4.00. The van der Waals surface area contributed by atoms with Crippen LogP contribution in [0.2, 0.25) is 0 Å². The van der Waals surface area contributed by atoms with Gasteiger partial charge in [-0.25, -0.2) is 4.98 Å². The molecule has 1 saturated heterocycles. The van der Waals surface area contributed by atoms with Gasteiger partial charge < -0.3 is 10.0 Å². The van der Waals surface area contributed by atoms with Crippen LogP contribution in [0.3, 0.4) is 0 Å². The third-order valence-electron chi connectivity index (χ3n) is 4.09. The Bertz CT molecular complexity index is 625. The van der Waals surface area contributed by atoms with E-state index >= 15 is 0 Å². The van der Waals surface area contributed by atoms with Crippen LogP contribution in [0, 0.1) is 0 Å². The van der Waals surface area contributed by atoms with E-state index in [1.807, 2.05) is 36.3 Å². The number of aromatic nitrogens is 1. The summed E-state index contributed by atoms with van der Waals surface area (Å²) in [7, 11) is 0. The van der Waals surface area contributed by atoms with Gasteiger partial charge in [0, 0.05) is 26.2 Å². The summed E-state index contributed by atoms with van der Waals surface area (Å²) in [6.45, 7) is 6.04. The lowest BCUT2D eigenvalue weighted by Gasteiger charge is -2.34. The Hall–Kier alpha value is -2.11. The number of hydroxylamine groups is 2. The molecule has 0 unspecified atom stereocenters. The van der Waals surface area contributed by atoms with Crippen molar-refractivity contribution in [1.29, 1.82) is 0 Å². The number of hydrogen-bond donors (Lipinski definition) is 1. The molecule has 0 radical (unpaired) electrons. The number of nitrogens with zero attached hydrogens (tertiary/aromatic N) is 3. The SMILES string of the molecule is CCc1nc(N2CCN(OCc3ccccc3)CC2)ccc1O. The van der Waals surface area contributed by atoms with Crippen LogP contribution in [-0.2, 0) is 17.9 Å². The molecule has 1 aliphatic heterocycles. The quantitative estimate of drug-likeness (QED) is 0.919. The molecule has 2 heterocycles. The van der Waals surface area contributed by atoms with E-state index in [1.165, 1.54) is 5.56 Å². The maximum absolute atomic E-state index is 9.74. The lowest BCUT2D eigenvalue weighted by atomic mass is 10.2. The van der Waals surface area contributed by atoms with Crippen LogP contribution >= 0.6 is 0 Å². The van der Waals surface area contributed by atoms with Crippen molar-refractivity contribution in [3.63, 3.8) is 0 Å². The van der Waals surface area contributed by atoms with E-state index in [2.05, 4.69) is 22.0 Å². The number of rotatable bonds is 5. The van der Waals surface area contributed by atoms with Crippen LogP contribution < -0.4 is 4.90 Å². The molecule has 1 aliphatic rings. The highest BCUT2D eigenvalue weighted by molar-refractivity contribution is 5.44. The predicted molar refractivity (Wildman–Crippen MR) is 90.3 cm³/mol. The van der Waals surface area contributed by atoms with Gasteiger partial charge in [0.05, 0.1) is 12.3 Å². The molecular weight excluding hydrogens is 290 g/mol. The molecule has 0 aliphatic carbocycles. The summed E-state index contributed by atoms with van der Waals surface area (Å²) in [5.41, 5.74) is 1.94. The van der Waals surface area contributed by atoms with Crippen molar-refractivity contribution in [3.05, 3.63) is 53.7 Å². The minimum atomic E-state index is 0.279. The molecule has 23 heavy (non-hydrogen) atoms. The van der Waals surface area contributed by atoms with Crippen molar-refractivity contribution in [2.24, 2.45) is 0 Å². The number of pyridine rings is 1. The second kappa shape index (κ2) is 7.44. The Morgan fingerprint density at radius 1 is 1.04 bits per heavy atom. The van der Waals surface area contributed by atoms with E-state index in [4.69, 9.17) is 4.84 Å². The van der Waals surface area contributed by atoms with Gasteiger partial charge in [0.15, 0.2) is 0 Å². The second-order valence-electron chi connectivity index (χ2n) is 5.66. The smallest absolute Gasteiger partial charge is 0.137 e. The van der Waals surface area contributed by atoms with E-state index in [1.54, 1.807) is 6.07 Å². The molecule has 0 saturated carbocycles. The first-order valence-corrected chi connectivity index (χ1v) is 8.12. The summed E-state index contributed by atoms with van der Waals surface area (Å²) < 4.78 is 0. The van der Waals surface area contributed by atoms with Gasteiger partial charge in [0.2, 0.25) is 0 Å². The highest BCUT2D eigenvalue weighted by Gasteiger charge is 2.19.